The van der Waals surface area contributed by atoms with Gasteiger partial charge >= 0.3 is 0 Å². The number of sulfone groups is 1. The van der Waals surface area contributed by atoms with Gasteiger partial charge in [-0.3, -0.25) is 4.79 Å². The molecule has 0 saturated carbocycles. The summed E-state index contributed by atoms with van der Waals surface area (Å²) in [4.78, 5) is 13.1. The minimum atomic E-state index is -4.01. The summed E-state index contributed by atoms with van der Waals surface area (Å²) < 4.78 is 39.3. The molecule has 1 aromatic heterocycles. The van der Waals surface area contributed by atoms with Crippen LogP contribution in [-0.4, -0.2) is 26.7 Å². The predicted octanol–water partition coefficient (Wildman–Crippen LogP) is 4.29. The fourth-order valence-corrected chi connectivity index (χ4v) is 5.01. The van der Waals surface area contributed by atoms with Gasteiger partial charge in [0.15, 0.2) is 0 Å². The van der Waals surface area contributed by atoms with Crippen molar-refractivity contribution in [3.8, 4) is 11.5 Å². The van der Waals surface area contributed by atoms with Crippen molar-refractivity contribution in [3.63, 3.8) is 0 Å². The Hall–Kier alpha value is -3.58. The van der Waals surface area contributed by atoms with E-state index in [-0.39, 0.29) is 15.2 Å². The van der Waals surface area contributed by atoms with Gasteiger partial charge in [-0.2, -0.15) is 0 Å². The van der Waals surface area contributed by atoms with Crippen LogP contribution in [0, 0.1) is 0 Å². The Balaban J connectivity index is 1.96. The van der Waals surface area contributed by atoms with Gasteiger partial charge in [0, 0.05) is 12.7 Å². The number of ether oxygens (including phenoxy) is 2. The largest absolute Gasteiger partial charge is 0.497 e. The van der Waals surface area contributed by atoms with E-state index in [9.17, 15) is 13.2 Å². The number of pyridine rings is 1. The van der Waals surface area contributed by atoms with Crippen LogP contribution in [0.5, 0.6) is 11.5 Å². The molecule has 6 nitrogen and oxygen atoms in total. The zero-order valence-corrected chi connectivity index (χ0v) is 18.6. The van der Waals surface area contributed by atoms with E-state index in [0.717, 1.165) is 5.56 Å². The fourth-order valence-electron chi connectivity index (χ4n) is 3.62. The van der Waals surface area contributed by atoms with Crippen molar-refractivity contribution in [1.82, 2.24) is 4.57 Å². The Morgan fingerprint density at radius 1 is 0.906 bits per heavy atom. The average molecular weight is 450 g/mol. The van der Waals surface area contributed by atoms with Gasteiger partial charge in [0.05, 0.1) is 29.5 Å². The van der Waals surface area contributed by atoms with Crippen molar-refractivity contribution in [2.45, 2.75) is 23.3 Å². The van der Waals surface area contributed by atoms with Crippen LogP contribution in [-0.2, 0) is 16.4 Å². The molecule has 0 fully saturated rings. The van der Waals surface area contributed by atoms with Crippen molar-refractivity contribution in [1.29, 1.82) is 0 Å². The number of benzene rings is 3. The molecule has 3 aromatic carbocycles. The number of hydrogen-bond acceptors (Lipinski definition) is 5. The number of nitrogens with zero attached hydrogens (tertiary/aromatic N) is 1. The normalized spacial score (nSPS) is 11.4. The highest BCUT2D eigenvalue weighted by Gasteiger charge is 2.24. The zero-order valence-electron chi connectivity index (χ0n) is 17.8. The minimum Gasteiger partial charge on any atom is -0.497 e. The molecule has 0 amide bonds. The maximum Gasteiger partial charge on any atom is 0.211 e. The van der Waals surface area contributed by atoms with Gasteiger partial charge in [-0.05, 0) is 55.0 Å². The lowest BCUT2D eigenvalue weighted by atomic mass is 10.1. The van der Waals surface area contributed by atoms with Gasteiger partial charge in [-0.15, -0.1) is 0 Å². The standard InChI is InChI=1S/C25H23NO5S/c1-3-31-20-12-13-23-22(15-20)25(27)24(32(28,29)21-10-5-4-6-11-21)17-26(23)16-18-8-7-9-19(14-18)30-2/h4-15,17H,3,16H2,1-2H3. The molecule has 7 heteroatoms. The monoisotopic (exact) mass is 449 g/mol. The number of aromatic nitrogens is 1. The van der Waals surface area contributed by atoms with E-state index in [0.29, 0.717) is 30.2 Å². The van der Waals surface area contributed by atoms with Crippen LogP contribution in [0.3, 0.4) is 0 Å². The second-order valence-corrected chi connectivity index (χ2v) is 9.15. The molecule has 0 aliphatic carbocycles. The van der Waals surface area contributed by atoms with Gasteiger partial charge in [0.2, 0.25) is 15.3 Å². The molecule has 0 atom stereocenters. The van der Waals surface area contributed by atoms with Crippen molar-refractivity contribution < 1.29 is 17.9 Å². The van der Waals surface area contributed by atoms with Gasteiger partial charge in [-0.1, -0.05) is 30.3 Å². The highest BCUT2D eigenvalue weighted by atomic mass is 32.2. The lowest BCUT2D eigenvalue weighted by Crippen LogP contribution is -2.19. The topological polar surface area (TPSA) is 74.6 Å². The maximum atomic E-state index is 13.3. The third-order valence-corrected chi connectivity index (χ3v) is 6.92. The molecule has 1 heterocycles. The second-order valence-electron chi connectivity index (χ2n) is 7.23. The second kappa shape index (κ2) is 8.88. The van der Waals surface area contributed by atoms with Gasteiger partial charge in [-0.25, -0.2) is 8.42 Å². The molecular weight excluding hydrogens is 426 g/mol. The summed E-state index contributed by atoms with van der Waals surface area (Å²) in [5.41, 5.74) is 0.979. The maximum absolute atomic E-state index is 13.3. The zero-order chi connectivity index (χ0) is 22.7. The van der Waals surface area contributed by atoms with E-state index in [1.165, 1.54) is 18.3 Å². The smallest absolute Gasteiger partial charge is 0.211 e. The molecule has 4 rings (SSSR count). The highest BCUT2D eigenvalue weighted by Crippen LogP contribution is 2.25. The first kappa shape index (κ1) is 21.6. The summed E-state index contributed by atoms with van der Waals surface area (Å²) in [5.74, 6) is 1.21. The van der Waals surface area contributed by atoms with Crippen LogP contribution in [0.4, 0.5) is 0 Å². The van der Waals surface area contributed by atoms with E-state index >= 15 is 0 Å². The predicted molar refractivity (Wildman–Crippen MR) is 123 cm³/mol. The third kappa shape index (κ3) is 4.11. The molecule has 0 N–H and O–H groups in total. The van der Waals surface area contributed by atoms with E-state index in [1.807, 2.05) is 31.2 Å². The van der Waals surface area contributed by atoms with Crippen molar-refractivity contribution in [2.24, 2.45) is 0 Å². The number of fused-ring (bicyclic) bond motifs is 1. The molecule has 0 aliphatic rings. The van der Waals surface area contributed by atoms with Gasteiger partial charge in [0.1, 0.15) is 16.4 Å². The molecule has 0 bridgehead atoms. The first-order valence-electron chi connectivity index (χ1n) is 10.2. The van der Waals surface area contributed by atoms with Gasteiger partial charge < -0.3 is 14.0 Å². The Kier molecular flexibility index (Phi) is 6.01. The first-order valence-corrected chi connectivity index (χ1v) is 11.7. The molecular formula is C25H23NO5S. The summed E-state index contributed by atoms with van der Waals surface area (Å²) in [6.45, 7) is 2.65. The summed E-state index contributed by atoms with van der Waals surface area (Å²) in [5, 5.41) is 0.288. The third-order valence-electron chi connectivity index (χ3n) is 5.16. The summed E-state index contributed by atoms with van der Waals surface area (Å²) in [6.07, 6.45) is 1.42. The van der Waals surface area contributed by atoms with Gasteiger partial charge in [0.25, 0.3) is 0 Å². The van der Waals surface area contributed by atoms with Crippen LogP contribution in [0.1, 0.15) is 12.5 Å². The van der Waals surface area contributed by atoms with Crippen LogP contribution in [0.2, 0.25) is 0 Å². The Morgan fingerprint density at radius 2 is 1.69 bits per heavy atom. The van der Waals surface area contributed by atoms with E-state index < -0.39 is 15.3 Å². The minimum absolute atomic E-state index is 0.0744. The van der Waals surface area contributed by atoms with Crippen LogP contribution in [0.15, 0.2) is 93.6 Å². The lowest BCUT2D eigenvalue weighted by Gasteiger charge is -2.15. The first-order chi connectivity index (χ1) is 15.4. The molecule has 0 spiro atoms. The molecule has 0 aliphatic heterocycles. The molecule has 0 saturated heterocycles. The quantitative estimate of drug-likeness (QED) is 0.421. The van der Waals surface area contributed by atoms with Crippen molar-refractivity contribution in [3.05, 3.63) is 94.8 Å². The summed E-state index contributed by atoms with van der Waals surface area (Å²) >= 11 is 0. The van der Waals surface area contributed by atoms with Crippen LogP contribution >= 0.6 is 0 Å². The van der Waals surface area contributed by atoms with Crippen molar-refractivity contribution in [2.75, 3.05) is 13.7 Å². The SMILES string of the molecule is CCOc1ccc2c(c1)c(=O)c(S(=O)(=O)c1ccccc1)cn2Cc1cccc(OC)c1. The molecule has 0 radical (unpaired) electrons. The molecule has 32 heavy (non-hydrogen) atoms. The van der Waals surface area contributed by atoms with Crippen LogP contribution in [0.25, 0.3) is 10.9 Å². The highest BCUT2D eigenvalue weighted by molar-refractivity contribution is 7.91. The van der Waals surface area contributed by atoms with E-state index in [1.54, 1.807) is 48.1 Å². The molecule has 164 valence electrons. The molecule has 4 aromatic rings. The summed E-state index contributed by atoms with van der Waals surface area (Å²) in [7, 11) is -2.42. The van der Waals surface area contributed by atoms with Crippen LogP contribution < -0.4 is 14.9 Å². The Morgan fingerprint density at radius 3 is 2.41 bits per heavy atom. The van der Waals surface area contributed by atoms with Crippen molar-refractivity contribution >= 4 is 20.7 Å². The molecule has 0 unspecified atom stereocenters. The lowest BCUT2D eigenvalue weighted by molar-refractivity contribution is 0.340. The number of methoxy groups -OCH3 is 1. The van der Waals surface area contributed by atoms with E-state index in [4.69, 9.17) is 9.47 Å². The number of hydrogen-bond donors (Lipinski definition) is 0. The Labute approximate surface area is 186 Å². The average Bonchev–Trinajstić information content (AvgIpc) is 2.81. The van der Waals surface area contributed by atoms with E-state index in [2.05, 4.69) is 0 Å². The fraction of sp³-hybridized carbons (Fsp3) is 0.160. The number of rotatable bonds is 7. The summed E-state index contributed by atoms with van der Waals surface area (Å²) in [6, 6.07) is 20.6. The Bertz CT molecular complexity index is 1430.